The van der Waals surface area contributed by atoms with Gasteiger partial charge in [-0.15, -0.1) is 0 Å². The molecule has 1 aromatic carbocycles. The van der Waals surface area contributed by atoms with E-state index in [1.165, 1.54) is 17.0 Å². The first-order valence-corrected chi connectivity index (χ1v) is 7.46. The molecular formula is C17H17FN2O3. The van der Waals surface area contributed by atoms with E-state index in [2.05, 4.69) is 5.16 Å². The van der Waals surface area contributed by atoms with Gasteiger partial charge in [0.1, 0.15) is 11.6 Å². The summed E-state index contributed by atoms with van der Waals surface area (Å²) >= 11 is 0. The lowest BCUT2D eigenvalue weighted by Crippen LogP contribution is -2.30. The van der Waals surface area contributed by atoms with Gasteiger partial charge in [-0.3, -0.25) is 14.5 Å². The largest absolute Gasteiger partial charge is 0.361 e. The number of halogens is 1. The van der Waals surface area contributed by atoms with Crippen LogP contribution < -0.4 is 0 Å². The van der Waals surface area contributed by atoms with E-state index in [-0.39, 0.29) is 30.6 Å². The minimum absolute atomic E-state index is 0.180. The molecule has 0 saturated carbocycles. The second kappa shape index (κ2) is 5.95. The standard InChI is InChI=1S/C17H17FN2O3/c1-10-15(11(2)23-19-10)9-20-16(21)8-13(17(20)22)7-12-3-5-14(18)6-4-12/h3-6,13H,7-9H2,1-2H3. The molecular weight excluding hydrogens is 299 g/mol. The van der Waals surface area contributed by atoms with Gasteiger partial charge < -0.3 is 4.52 Å². The van der Waals surface area contributed by atoms with Gasteiger partial charge in [0.15, 0.2) is 0 Å². The van der Waals surface area contributed by atoms with Crippen LogP contribution in [0.5, 0.6) is 0 Å². The molecule has 1 aliphatic rings. The van der Waals surface area contributed by atoms with Gasteiger partial charge in [-0.2, -0.15) is 0 Å². The third-order valence-corrected chi connectivity index (χ3v) is 4.23. The second-order valence-electron chi connectivity index (χ2n) is 5.85. The zero-order valence-electron chi connectivity index (χ0n) is 13.0. The van der Waals surface area contributed by atoms with Gasteiger partial charge in [0.05, 0.1) is 18.2 Å². The zero-order chi connectivity index (χ0) is 16.6. The lowest BCUT2D eigenvalue weighted by atomic mass is 9.98. The molecule has 2 amide bonds. The molecule has 5 nitrogen and oxygen atoms in total. The average Bonchev–Trinajstić information content (AvgIpc) is 2.97. The number of amides is 2. The number of likely N-dealkylation sites (tertiary alicyclic amines) is 1. The van der Waals surface area contributed by atoms with Crippen molar-refractivity contribution in [3.8, 4) is 0 Å². The van der Waals surface area contributed by atoms with Crippen molar-refractivity contribution in [2.45, 2.75) is 33.2 Å². The van der Waals surface area contributed by atoms with Crippen LogP contribution in [0.4, 0.5) is 4.39 Å². The Labute approximate surface area is 133 Å². The van der Waals surface area contributed by atoms with Gasteiger partial charge in [0, 0.05) is 12.0 Å². The first-order valence-electron chi connectivity index (χ1n) is 7.46. The summed E-state index contributed by atoms with van der Waals surface area (Å²) in [6, 6.07) is 6.00. The Balaban J connectivity index is 1.73. The van der Waals surface area contributed by atoms with E-state index in [1.807, 2.05) is 0 Å². The summed E-state index contributed by atoms with van der Waals surface area (Å²) in [5, 5.41) is 3.84. The number of hydrogen-bond donors (Lipinski definition) is 0. The van der Waals surface area contributed by atoms with E-state index in [4.69, 9.17) is 4.52 Å². The minimum Gasteiger partial charge on any atom is -0.361 e. The molecule has 0 N–H and O–H groups in total. The third kappa shape index (κ3) is 3.02. The molecule has 120 valence electrons. The highest BCUT2D eigenvalue weighted by Gasteiger charge is 2.39. The monoisotopic (exact) mass is 316 g/mol. The van der Waals surface area contributed by atoms with Crippen LogP contribution in [0.25, 0.3) is 0 Å². The molecule has 1 unspecified atom stereocenters. The van der Waals surface area contributed by atoms with Crippen LogP contribution in [-0.2, 0) is 22.6 Å². The summed E-state index contributed by atoms with van der Waals surface area (Å²) < 4.78 is 18.0. The van der Waals surface area contributed by atoms with Crippen molar-refractivity contribution >= 4 is 11.8 Å². The predicted molar refractivity (Wildman–Crippen MR) is 79.7 cm³/mol. The number of imide groups is 1. The fourth-order valence-corrected chi connectivity index (χ4v) is 2.87. The first kappa shape index (κ1) is 15.4. The van der Waals surface area contributed by atoms with Gasteiger partial charge in [0.25, 0.3) is 0 Å². The maximum absolute atomic E-state index is 12.9. The molecule has 6 heteroatoms. The Hall–Kier alpha value is -2.50. The molecule has 0 radical (unpaired) electrons. The van der Waals surface area contributed by atoms with Crippen LogP contribution in [0, 0.1) is 25.6 Å². The van der Waals surface area contributed by atoms with Gasteiger partial charge in [0.2, 0.25) is 11.8 Å². The Morgan fingerprint density at radius 3 is 2.57 bits per heavy atom. The summed E-state index contributed by atoms with van der Waals surface area (Å²) in [4.78, 5) is 26.0. The minimum atomic E-state index is -0.395. The molecule has 3 rings (SSSR count). The van der Waals surface area contributed by atoms with Crippen LogP contribution >= 0.6 is 0 Å². The number of nitrogens with zero attached hydrogens (tertiary/aromatic N) is 2. The van der Waals surface area contributed by atoms with E-state index in [1.54, 1.807) is 26.0 Å². The van der Waals surface area contributed by atoms with Crippen LogP contribution in [0.3, 0.4) is 0 Å². The normalized spacial score (nSPS) is 18.0. The van der Waals surface area contributed by atoms with Crippen molar-refractivity contribution < 1.29 is 18.5 Å². The van der Waals surface area contributed by atoms with E-state index >= 15 is 0 Å². The Morgan fingerprint density at radius 2 is 1.96 bits per heavy atom. The van der Waals surface area contributed by atoms with Crippen molar-refractivity contribution in [2.24, 2.45) is 5.92 Å². The van der Waals surface area contributed by atoms with Crippen molar-refractivity contribution in [1.29, 1.82) is 0 Å². The van der Waals surface area contributed by atoms with Gasteiger partial charge in [-0.25, -0.2) is 4.39 Å². The topological polar surface area (TPSA) is 63.4 Å². The van der Waals surface area contributed by atoms with E-state index in [0.717, 1.165) is 11.1 Å². The molecule has 0 bridgehead atoms. The fourth-order valence-electron chi connectivity index (χ4n) is 2.87. The Bertz CT molecular complexity index is 732. The average molecular weight is 316 g/mol. The number of aromatic nitrogens is 1. The number of hydrogen-bond acceptors (Lipinski definition) is 4. The van der Waals surface area contributed by atoms with Crippen molar-refractivity contribution in [2.75, 3.05) is 0 Å². The first-order chi connectivity index (χ1) is 11.0. The maximum atomic E-state index is 12.9. The Kier molecular flexibility index (Phi) is 3.98. The van der Waals surface area contributed by atoms with E-state index in [0.29, 0.717) is 17.9 Å². The van der Waals surface area contributed by atoms with Gasteiger partial charge in [-0.1, -0.05) is 17.3 Å². The SMILES string of the molecule is Cc1noc(C)c1CN1C(=O)CC(Cc2ccc(F)cc2)C1=O. The molecule has 0 aliphatic carbocycles. The van der Waals surface area contributed by atoms with Crippen molar-refractivity contribution in [1.82, 2.24) is 10.1 Å². The summed E-state index contributed by atoms with van der Waals surface area (Å²) in [5.74, 6) is -0.484. The second-order valence-corrected chi connectivity index (χ2v) is 5.85. The fraction of sp³-hybridized carbons (Fsp3) is 0.353. The van der Waals surface area contributed by atoms with Crippen molar-refractivity contribution in [3.05, 3.63) is 52.7 Å². The number of carbonyl (C=O) groups is 2. The number of carbonyl (C=O) groups excluding carboxylic acids is 2. The Morgan fingerprint density at radius 1 is 1.26 bits per heavy atom. The van der Waals surface area contributed by atoms with Crippen LogP contribution in [-0.4, -0.2) is 21.9 Å². The summed E-state index contributed by atoms with van der Waals surface area (Å²) in [6.45, 7) is 3.74. The number of rotatable bonds is 4. The molecule has 1 saturated heterocycles. The summed E-state index contributed by atoms with van der Waals surface area (Å²) in [7, 11) is 0. The van der Waals surface area contributed by atoms with Crippen LogP contribution in [0.15, 0.2) is 28.8 Å². The summed E-state index contributed by atoms with van der Waals surface area (Å²) in [5.41, 5.74) is 2.30. The molecule has 1 fully saturated rings. The highest BCUT2D eigenvalue weighted by atomic mass is 19.1. The van der Waals surface area contributed by atoms with Crippen LogP contribution in [0.1, 0.15) is 29.0 Å². The highest BCUT2D eigenvalue weighted by Crippen LogP contribution is 2.26. The predicted octanol–water partition coefficient (Wildman–Crippen LogP) is 2.55. The maximum Gasteiger partial charge on any atom is 0.233 e. The molecule has 2 heterocycles. The van der Waals surface area contributed by atoms with Gasteiger partial charge in [-0.05, 0) is 38.0 Å². The highest BCUT2D eigenvalue weighted by molar-refractivity contribution is 6.03. The molecule has 2 aromatic rings. The van der Waals surface area contributed by atoms with E-state index in [9.17, 15) is 14.0 Å². The lowest BCUT2D eigenvalue weighted by Gasteiger charge is -2.14. The lowest BCUT2D eigenvalue weighted by molar-refractivity contribution is -0.140. The number of aryl methyl sites for hydroxylation is 2. The number of benzene rings is 1. The quantitative estimate of drug-likeness (QED) is 0.813. The zero-order valence-corrected chi connectivity index (χ0v) is 13.0. The van der Waals surface area contributed by atoms with Crippen LogP contribution in [0.2, 0.25) is 0 Å². The van der Waals surface area contributed by atoms with Crippen molar-refractivity contribution in [3.63, 3.8) is 0 Å². The molecule has 1 atom stereocenters. The van der Waals surface area contributed by atoms with E-state index < -0.39 is 5.92 Å². The molecule has 1 aliphatic heterocycles. The molecule has 23 heavy (non-hydrogen) atoms. The smallest absolute Gasteiger partial charge is 0.233 e. The summed E-state index contributed by atoms with van der Waals surface area (Å²) in [6.07, 6.45) is 0.614. The third-order valence-electron chi connectivity index (χ3n) is 4.23. The molecule has 0 spiro atoms. The van der Waals surface area contributed by atoms with Gasteiger partial charge >= 0.3 is 0 Å². The molecule has 1 aromatic heterocycles.